The molecule has 0 radical (unpaired) electrons. The minimum absolute atomic E-state index is 0.110. The summed E-state index contributed by atoms with van der Waals surface area (Å²) in [7, 11) is -1.92. The van der Waals surface area contributed by atoms with Crippen LogP contribution in [-0.2, 0) is 22.3 Å². The molecule has 0 amide bonds. The van der Waals surface area contributed by atoms with Gasteiger partial charge in [0.15, 0.2) is 0 Å². The maximum atomic E-state index is 12.3. The largest absolute Gasteiger partial charge is 0.389 e. The van der Waals surface area contributed by atoms with Crippen molar-refractivity contribution in [3.05, 3.63) is 53.6 Å². The molecule has 0 spiro atoms. The third-order valence-electron chi connectivity index (χ3n) is 2.96. The second kappa shape index (κ2) is 6.33. The first kappa shape index (κ1) is 15.6. The second-order valence-electron chi connectivity index (χ2n) is 4.61. The Morgan fingerprint density at radius 3 is 2.86 bits per heavy atom. The SMILES string of the molecule is CN(Cc1ncc[nH]1)S(=O)(=O)Cc1cccc(C(N)=S)c1. The molecule has 0 atom stereocenters. The fraction of sp³-hybridized carbons (Fsp3) is 0.231. The Balaban J connectivity index is 2.13. The molecule has 0 unspecified atom stereocenters. The molecule has 2 rings (SSSR count). The molecular weight excluding hydrogens is 308 g/mol. The Morgan fingerprint density at radius 1 is 1.48 bits per heavy atom. The molecule has 6 nitrogen and oxygen atoms in total. The Bertz CT molecular complexity index is 726. The Morgan fingerprint density at radius 2 is 2.24 bits per heavy atom. The zero-order chi connectivity index (χ0) is 15.5. The summed E-state index contributed by atoms with van der Waals surface area (Å²) >= 11 is 4.90. The third kappa shape index (κ3) is 4.10. The van der Waals surface area contributed by atoms with Crippen LogP contribution in [0, 0.1) is 0 Å². The number of aromatic nitrogens is 2. The molecule has 0 fully saturated rings. The number of rotatable bonds is 6. The molecule has 3 N–H and O–H groups in total. The van der Waals surface area contributed by atoms with Gasteiger partial charge in [-0.3, -0.25) is 0 Å². The summed E-state index contributed by atoms with van der Waals surface area (Å²) in [6, 6.07) is 6.93. The van der Waals surface area contributed by atoms with Gasteiger partial charge in [-0.15, -0.1) is 0 Å². The molecule has 1 heterocycles. The van der Waals surface area contributed by atoms with Crippen LogP contribution in [0.4, 0.5) is 0 Å². The number of sulfonamides is 1. The van der Waals surface area contributed by atoms with Crippen LogP contribution in [0.1, 0.15) is 17.0 Å². The lowest BCUT2D eigenvalue weighted by atomic mass is 10.1. The monoisotopic (exact) mass is 324 g/mol. The molecule has 8 heteroatoms. The topological polar surface area (TPSA) is 92.1 Å². The highest BCUT2D eigenvalue weighted by Gasteiger charge is 2.19. The maximum Gasteiger partial charge on any atom is 0.218 e. The molecule has 112 valence electrons. The van der Waals surface area contributed by atoms with E-state index in [9.17, 15) is 8.42 Å². The van der Waals surface area contributed by atoms with Crippen LogP contribution >= 0.6 is 12.2 Å². The van der Waals surface area contributed by atoms with Gasteiger partial charge in [-0.25, -0.2) is 13.4 Å². The van der Waals surface area contributed by atoms with Crippen molar-refractivity contribution in [2.75, 3.05) is 7.05 Å². The van der Waals surface area contributed by atoms with Crippen LogP contribution < -0.4 is 5.73 Å². The smallest absolute Gasteiger partial charge is 0.218 e. The van der Waals surface area contributed by atoms with E-state index in [1.165, 1.54) is 11.4 Å². The van der Waals surface area contributed by atoms with Gasteiger partial charge in [0.1, 0.15) is 10.8 Å². The molecule has 0 bridgehead atoms. The van der Waals surface area contributed by atoms with Gasteiger partial charge in [0, 0.05) is 25.0 Å². The van der Waals surface area contributed by atoms with Crippen molar-refractivity contribution in [1.82, 2.24) is 14.3 Å². The van der Waals surface area contributed by atoms with Gasteiger partial charge >= 0.3 is 0 Å². The van der Waals surface area contributed by atoms with Crippen LogP contribution in [0.25, 0.3) is 0 Å². The molecule has 0 aliphatic heterocycles. The molecule has 1 aromatic heterocycles. The Labute approximate surface area is 129 Å². The first-order valence-electron chi connectivity index (χ1n) is 6.19. The second-order valence-corrected chi connectivity index (χ2v) is 7.13. The number of nitrogens with zero attached hydrogens (tertiary/aromatic N) is 2. The van der Waals surface area contributed by atoms with Gasteiger partial charge in [-0.1, -0.05) is 30.4 Å². The minimum Gasteiger partial charge on any atom is -0.389 e. The summed E-state index contributed by atoms with van der Waals surface area (Å²) in [6.45, 7) is 0.199. The van der Waals surface area contributed by atoms with E-state index < -0.39 is 10.0 Å². The van der Waals surface area contributed by atoms with Crippen molar-refractivity contribution in [2.45, 2.75) is 12.3 Å². The summed E-state index contributed by atoms with van der Waals surface area (Å²) in [5.74, 6) is 0.485. The molecule has 2 aromatic rings. The maximum absolute atomic E-state index is 12.3. The predicted molar refractivity (Wildman–Crippen MR) is 85.0 cm³/mol. The number of H-pyrrole nitrogens is 1. The third-order valence-corrected chi connectivity index (χ3v) is 4.98. The standard InChI is InChI=1S/C13H16N4O2S2/c1-17(8-12-15-5-6-16-12)21(18,19)9-10-3-2-4-11(7-10)13(14)20/h2-7H,8-9H2,1H3,(H2,14,20)(H,15,16). The van der Waals surface area contributed by atoms with Gasteiger partial charge in [0.05, 0.1) is 12.3 Å². The lowest BCUT2D eigenvalue weighted by Crippen LogP contribution is -2.28. The normalized spacial score (nSPS) is 11.7. The highest BCUT2D eigenvalue weighted by atomic mass is 32.2. The Hall–Kier alpha value is -1.77. The highest BCUT2D eigenvalue weighted by molar-refractivity contribution is 7.88. The number of nitrogens with one attached hydrogen (secondary N) is 1. The minimum atomic E-state index is -3.44. The van der Waals surface area contributed by atoms with E-state index in [0.717, 1.165) is 0 Å². The average Bonchev–Trinajstić information content (AvgIpc) is 2.91. The number of nitrogens with two attached hydrogens (primary N) is 1. The summed E-state index contributed by atoms with van der Waals surface area (Å²) in [4.78, 5) is 7.14. The fourth-order valence-corrected chi connectivity index (χ4v) is 3.10. The van der Waals surface area contributed by atoms with Gasteiger partial charge in [-0.2, -0.15) is 4.31 Å². The van der Waals surface area contributed by atoms with Gasteiger partial charge in [0.2, 0.25) is 10.0 Å². The number of imidazole rings is 1. The summed E-state index contributed by atoms with van der Waals surface area (Å²) < 4.78 is 25.9. The number of thiocarbonyl (C=S) groups is 1. The van der Waals surface area contributed by atoms with Crippen molar-refractivity contribution in [1.29, 1.82) is 0 Å². The predicted octanol–water partition coefficient (Wildman–Crippen LogP) is 1.01. The van der Waals surface area contributed by atoms with E-state index in [1.54, 1.807) is 36.7 Å². The van der Waals surface area contributed by atoms with Gasteiger partial charge < -0.3 is 10.7 Å². The fourth-order valence-electron chi connectivity index (χ4n) is 1.83. The molecule has 0 aliphatic carbocycles. The summed E-state index contributed by atoms with van der Waals surface area (Å²) in [5, 5.41) is 0. The van der Waals surface area contributed by atoms with E-state index >= 15 is 0 Å². The number of hydrogen-bond donors (Lipinski definition) is 2. The van der Waals surface area contributed by atoms with Crippen molar-refractivity contribution >= 4 is 27.2 Å². The molecule has 0 saturated heterocycles. The molecule has 0 aliphatic rings. The number of benzene rings is 1. The first-order valence-corrected chi connectivity index (χ1v) is 8.21. The zero-order valence-corrected chi connectivity index (χ0v) is 13.1. The van der Waals surface area contributed by atoms with Crippen LogP contribution in [0.3, 0.4) is 0 Å². The summed E-state index contributed by atoms with van der Waals surface area (Å²) in [6.07, 6.45) is 3.24. The Kier molecular flexibility index (Phi) is 4.71. The molecular formula is C13H16N4O2S2. The van der Waals surface area contributed by atoms with Crippen LogP contribution in [0.2, 0.25) is 0 Å². The van der Waals surface area contributed by atoms with Crippen LogP contribution in [0.5, 0.6) is 0 Å². The highest BCUT2D eigenvalue weighted by Crippen LogP contribution is 2.13. The first-order chi connectivity index (χ1) is 9.88. The van der Waals surface area contributed by atoms with E-state index in [1.807, 2.05) is 0 Å². The average molecular weight is 324 g/mol. The van der Waals surface area contributed by atoms with E-state index in [0.29, 0.717) is 17.0 Å². The van der Waals surface area contributed by atoms with Crippen molar-refractivity contribution in [2.24, 2.45) is 5.73 Å². The summed E-state index contributed by atoms with van der Waals surface area (Å²) in [5.41, 5.74) is 6.86. The van der Waals surface area contributed by atoms with Crippen LogP contribution in [-0.4, -0.2) is 34.7 Å². The van der Waals surface area contributed by atoms with Crippen molar-refractivity contribution in [3.8, 4) is 0 Å². The number of hydrogen-bond acceptors (Lipinski definition) is 4. The molecule has 21 heavy (non-hydrogen) atoms. The lowest BCUT2D eigenvalue weighted by molar-refractivity contribution is 0.457. The van der Waals surface area contributed by atoms with E-state index in [-0.39, 0.29) is 17.3 Å². The molecule has 0 saturated carbocycles. The lowest BCUT2D eigenvalue weighted by Gasteiger charge is -2.16. The number of aromatic amines is 1. The van der Waals surface area contributed by atoms with Crippen molar-refractivity contribution in [3.63, 3.8) is 0 Å². The van der Waals surface area contributed by atoms with Crippen molar-refractivity contribution < 1.29 is 8.42 Å². The molecule has 1 aromatic carbocycles. The van der Waals surface area contributed by atoms with E-state index in [4.69, 9.17) is 18.0 Å². The quantitative estimate of drug-likeness (QED) is 0.774. The van der Waals surface area contributed by atoms with Gasteiger partial charge in [0.25, 0.3) is 0 Å². The van der Waals surface area contributed by atoms with Crippen LogP contribution in [0.15, 0.2) is 36.7 Å². The zero-order valence-electron chi connectivity index (χ0n) is 11.5. The van der Waals surface area contributed by atoms with Gasteiger partial charge in [-0.05, 0) is 11.6 Å². The van der Waals surface area contributed by atoms with E-state index in [2.05, 4.69) is 9.97 Å².